The van der Waals surface area contributed by atoms with E-state index in [0.717, 1.165) is 0 Å². The molecule has 0 aliphatic heterocycles. The Hall–Kier alpha value is -1.63. The van der Waals surface area contributed by atoms with Gasteiger partial charge in [0.25, 0.3) is 0 Å². The number of nitrogens with two attached hydrogens (primary N) is 1. The van der Waals surface area contributed by atoms with E-state index in [-0.39, 0.29) is 19.0 Å². The summed E-state index contributed by atoms with van der Waals surface area (Å²) < 4.78 is 0. The lowest BCUT2D eigenvalue weighted by molar-refractivity contribution is -0.140. The Morgan fingerprint density at radius 2 is 1.72 bits per heavy atom. The Kier molecular flexibility index (Phi) is 6.32. The summed E-state index contributed by atoms with van der Waals surface area (Å²) in [7, 11) is 0. The molecule has 0 saturated carbocycles. The molecular formula is C11H22N4O3. The molecule has 104 valence electrons. The van der Waals surface area contributed by atoms with Crippen molar-refractivity contribution in [2.75, 3.05) is 13.1 Å². The third-order valence-corrected chi connectivity index (χ3v) is 1.88. The smallest absolute Gasteiger partial charge is 0.309 e. The minimum atomic E-state index is -0.847. The van der Waals surface area contributed by atoms with E-state index in [0.29, 0.717) is 0 Å². The van der Waals surface area contributed by atoms with Crippen molar-refractivity contribution in [3.05, 3.63) is 0 Å². The van der Waals surface area contributed by atoms with Gasteiger partial charge in [0.1, 0.15) is 6.04 Å². The second kappa shape index (κ2) is 6.95. The fourth-order valence-corrected chi connectivity index (χ4v) is 1.07. The molecular weight excluding hydrogens is 236 g/mol. The molecule has 1 atom stereocenters. The van der Waals surface area contributed by atoms with Crippen LogP contribution in [0.2, 0.25) is 0 Å². The molecule has 0 radical (unpaired) electrons. The Bertz CT molecular complexity index is 323. The molecule has 0 heterocycles. The molecule has 0 spiro atoms. The number of hydrogen-bond donors (Lipinski definition) is 4. The molecule has 5 N–H and O–H groups in total. The average Bonchev–Trinajstić information content (AvgIpc) is 2.23. The topological polar surface area (TPSA) is 113 Å². The fourth-order valence-electron chi connectivity index (χ4n) is 1.07. The third kappa shape index (κ3) is 6.85. The summed E-state index contributed by atoms with van der Waals surface area (Å²) in [6, 6.07) is -0.777. The highest BCUT2D eigenvalue weighted by Crippen LogP contribution is 1.99. The highest BCUT2D eigenvalue weighted by molar-refractivity contribution is 6.35. The molecule has 7 heteroatoms. The Morgan fingerprint density at radius 1 is 1.17 bits per heavy atom. The van der Waals surface area contributed by atoms with Crippen LogP contribution >= 0.6 is 0 Å². The largest absolute Gasteiger partial charge is 0.350 e. The lowest BCUT2D eigenvalue weighted by Crippen LogP contribution is -2.53. The van der Waals surface area contributed by atoms with Gasteiger partial charge in [-0.05, 0) is 27.7 Å². The van der Waals surface area contributed by atoms with Crippen LogP contribution in [0.15, 0.2) is 0 Å². The molecule has 0 aromatic carbocycles. The standard InChI is InChI=1S/C11H22N4O3/c1-7(8(16)15-11(2,3)4)14-10(18)9(17)13-6-5-12/h7H,5-6,12H2,1-4H3,(H,13,17)(H,14,18)(H,15,16). The van der Waals surface area contributed by atoms with Crippen molar-refractivity contribution in [3.63, 3.8) is 0 Å². The molecule has 0 saturated heterocycles. The maximum absolute atomic E-state index is 11.7. The number of carbonyl (C=O) groups is 3. The fraction of sp³-hybridized carbons (Fsp3) is 0.727. The van der Waals surface area contributed by atoms with Gasteiger partial charge in [0.05, 0.1) is 0 Å². The van der Waals surface area contributed by atoms with Crippen LogP contribution in [0, 0.1) is 0 Å². The predicted octanol–water partition coefficient (Wildman–Crippen LogP) is -1.52. The Balaban J connectivity index is 4.22. The second-order valence-electron chi connectivity index (χ2n) is 4.98. The van der Waals surface area contributed by atoms with Crippen molar-refractivity contribution in [3.8, 4) is 0 Å². The van der Waals surface area contributed by atoms with Crippen LogP contribution in [-0.2, 0) is 14.4 Å². The second-order valence-corrected chi connectivity index (χ2v) is 4.98. The van der Waals surface area contributed by atoms with Crippen LogP contribution in [0.3, 0.4) is 0 Å². The third-order valence-electron chi connectivity index (χ3n) is 1.88. The summed E-state index contributed by atoms with van der Waals surface area (Å²) in [5, 5.41) is 7.33. The maximum Gasteiger partial charge on any atom is 0.309 e. The first-order chi connectivity index (χ1) is 8.17. The van der Waals surface area contributed by atoms with Gasteiger partial charge in [0, 0.05) is 18.6 Å². The zero-order chi connectivity index (χ0) is 14.3. The van der Waals surface area contributed by atoms with Crippen molar-refractivity contribution in [2.24, 2.45) is 5.73 Å². The first-order valence-electron chi connectivity index (χ1n) is 5.78. The number of rotatable bonds is 4. The van der Waals surface area contributed by atoms with Crippen molar-refractivity contribution in [1.29, 1.82) is 0 Å². The normalized spacial score (nSPS) is 12.5. The molecule has 1 unspecified atom stereocenters. The molecule has 0 fully saturated rings. The van der Waals surface area contributed by atoms with Crippen molar-refractivity contribution >= 4 is 17.7 Å². The molecule has 0 rings (SSSR count). The molecule has 7 nitrogen and oxygen atoms in total. The predicted molar refractivity (Wildman–Crippen MR) is 67.6 cm³/mol. The number of carbonyl (C=O) groups excluding carboxylic acids is 3. The molecule has 18 heavy (non-hydrogen) atoms. The summed E-state index contributed by atoms with van der Waals surface area (Å²) in [6.45, 7) is 7.46. The van der Waals surface area contributed by atoms with E-state index >= 15 is 0 Å². The zero-order valence-electron chi connectivity index (χ0n) is 11.3. The van der Waals surface area contributed by atoms with Gasteiger partial charge in [0.2, 0.25) is 5.91 Å². The van der Waals surface area contributed by atoms with Crippen LogP contribution in [0.25, 0.3) is 0 Å². The van der Waals surface area contributed by atoms with Gasteiger partial charge < -0.3 is 21.7 Å². The van der Waals surface area contributed by atoms with E-state index in [1.165, 1.54) is 6.92 Å². The summed E-state index contributed by atoms with van der Waals surface area (Å²) in [5.41, 5.74) is 4.79. The summed E-state index contributed by atoms with van der Waals surface area (Å²) in [6.07, 6.45) is 0. The van der Waals surface area contributed by atoms with Crippen LogP contribution in [0.1, 0.15) is 27.7 Å². The van der Waals surface area contributed by atoms with Gasteiger partial charge in [-0.25, -0.2) is 0 Å². The Labute approximate surface area is 107 Å². The van der Waals surface area contributed by atoms with Gasteiger partial charge in [-0.2, -0.15) is 0 Å². The van der Waals surface area contributed by atoms with Crippen LogP contribution in [0.5, 0.6) is 0 Å². The molecule has 0 aliphatic carbocycles. The van der Waals surface area contributed by atoms with Crippen LogP contribution in [-0.4, -0.2) is 42.4 Å². The molecule has 0 aromatic heterocycles. The van der Waals surface area contributed by atoms with Crippen LogP contribution < -0.4 is 21.7 Å². The Morgan fingerprint density at radius 3 is 2.17 bits per heavy atom. The van der Waals surface area contributed by atoms with Crippen molar-refractivity contribution < 1.29 is 14.4 Å². The quantitative estimate of drug-likeness (QED) is 0.459. The highest BCUT2D eigenvalue weighted by atomic mass is 16.2. The lowest BCUT2D eigenvalue weighted by Gasteiger charge is -2.23. The zero-order valence-corrected chi connectivity index (χ0v) is 11.3. The maximum atomic E-state index is 11.7. The van der Waals surface area contributed by atoms with Gasteiger partial charge in [-0.15, -0.1) is 0 Å². The first-order valence-corrected chi connectivity index (χ1v) is 5.78. The lowest BCUT2D eigenvalue weighted by atomic mass is 10.1. The van der Waals surface area contributed by atoms with Gasteiger partial charge in [0.15, 0.2) is 0 Å². The molecule has 0 aliphatic rings. The average molecular weight is 258 g/mol. The summed E-state index contributed by atoms with van der Waals surface area (Å²) >= 11 is 0. The van der Waals surface area contributed by atoms with Gasteiger partial charge in [-0.1, -0.05) is 0 Å². The number of nitrogens with one attached hydrogen (secondary N) is 3. The highest BCUT2D eigenvalue weighted by Gasteiger charge is 2.23. The van der Waals surface area contributed by atoms with Crippen molar-refractivity contribution in [2.45, 2.75) is 39.3 Å². The van der Waals surface area contributed by atoms with E-state index in [1.807, 2.05) is 20.8 Å². The first kappa shape index (κ1) is 16.4. The minimum Gasteiger partial charge on any atom is -0.350 e. The minimum absolute atomic E-state index is 0.217. The van der Waals surface area contributed by atoms with E-state index in [4.69, 9.17) is 5.73 Å². The SMILES string of the molecule is CC(NC(=O)C(=O)NCCN)C(=O)NC(C)(C)C. The van der Waals surface area contributed by atoms with E-state index in [9.17, 15) is 14.4 Å². The molecule has 0 bridgehead atoms. The van der Waals surface area contributed by atoms with E-state index in [1.54, 1.807) is 0 Å². The van der Waals surface area contributed by atoms with E-state index in [2.05, 4.69) is 16.0 Å². The van der Waals surface area contributed by atoms with Crippen molar-refractivity contribution in [1.82, 2.24) is 16.0 Å². The molecule has 0 aromatic rings. The summed E-state index contributed by atoms with van der Waals surface area (Å²) in [4.78, 5) is 34.3. The number of hydrogen-bond acceptors (Lipinski definition) is 4. The molecule has 3 amide bonds. The van der Waals surface area contributed by atoms with Gasteiger partial charge >= 0.3 is 11.8 Å². The van der Waals surface area contributed by atoms with Gasteiger partial charge in [-0.3, -0.25) is 14.4 Å². The monoisotopic (exact) mass is 258 g/mol. The summed E-state index contributed by atoms with van der Waals surface area (Å²) in [5.74, 6) is -1.99. The van der Waals surface area contributed by atoms with E-state index < -0.39 is 23.4 Å². The van der Waals surface area contributed by atoms with Crippen LogP contribution in [0.4, 0.5) is 0 Å². The number of amides is 3.